The number of carbonyl (C=O) groups excluding carboxylic acids is 1. The molecule has 1 amide bonds. The average molecular weight is 276 g/mol. The van der Waals surface area contributed by atoms with E-state index in [-0.39, 0.29) is 23.3 Å². The molecule has 0 spiro atoms. The quantitative estimate of drug-likeness (QED) is 0.811. The first-order valence-corrected chi connectivity index (χ1v) is 6.35. The standard InChI is InChI=1S/C12H15Cl2NO2/c1-2-9(5-6-13)15-12(17)10-4-3-8(14)7-11(10)16/h3-4,7,9,16H,2,5-6H2,1H3,(H,15,17). The fraction of sp³-hybridized carbons (Fsp3) is 0.417. The molecule has 0 bridgehead atoms. The molecule has 0 radical (unpaired) electrons. The van der Waals surface area contributed by atoms with Crippen LogP contribution in [-0.2, 0) is 0 Å². The van der Waals surface area contributed by atoms with Crippen molar-refractivity contribution in [1.82, 2.24) is 5.32 Å². The van der Waals surface area contributed by atoms with Crippen LogP contribution in [0.15, 0.2) is 18.2 Å². The van der Waals surface area contributed by atoms with Gasteiger partial charge in [0.05, 0.1) is 5.56 Å². The summed E-state index contributed by atoms with van der Waals surface area (Å²) in [6.07, 6.45) is 1.50. The number of phenolic OH excluding ortho intramolecular Hbond substituents is 1. The van der Waals surface area contributed by atoms with Gasteiger partial charge < -0.3 is 10.4 Å². The van der Waals surface area contributed by atoms with Crippen LogP contribution >= 0.6 is 23.2 Å². The van der Waals surface area contributed by atoms with Crippen LogP contribution in [0.1, 0.15) is 30.1 Å². The van der Waals surface area contributed by atoms with Crippen molar-refractivity contribution in [3.8, 4) is 5.75 Å². The first-order valence-electron chi connectivity index (χ1n) is 5.43. The smallest absolute Gasteiger partial charge is 0.255 e. The normalized spacial score (nSPS) is 12.2. The number of amides is 1. The van der Waals surface area contributed by atoms with Crippen LogP contribution in [0.2, 0.25) is 5.02 Å². The minimum absolute atomic E-state index is 0.0232. The first-order chi connectivity index (χ1) is 8.08. The molecule has 1 aromatic carbocycles. The van der Waals surface area contributed by atoms with Gasteiger partial charge in [0, 0.05) is 16.9 Å². The van der Waals surface area contributed by atoms with Gasteiger partial charge in [-0.15, -0.1) is 11.6 Å². The zero-order valence-corrected chi connectivity index (χ0v) is 11.1. The molecule has 1 unspecified atom stereocenters. The molecule has 0 heterocycles. The Kier molecular flexibility index (Phi) is 5.59. The number of nitrogens with one attached hydrogen (secondary N) is 1. The molecule has 0 aromatic heterocycles. The largest absolute Gasteiger partial charge is 0.507 e. The summed E-state index contributed by atoms with van der Waals surface area (Å²) in [6.45, 7) is 1.97. The van der Waals surface area contributed by atoms with Crippen molar-refractivity contribution in [2.75, 3.05) is 5.88 Å². The lowest BCUT2D eigenvalue weighted by molar-refractivity contribution is 0.0932. The average Bonchev–Trinajstić information content (AvgIpc) is 2.28. The second kappa shape index (κ2) is 6.72. The van der Waals surface area contributed by atoms with Crippen LogP contribution in [-0.4, -0.2) is 22.9 Å². The van der Waals surface area contributed by atoms with Crippen LogP contribution in [0, 0.1) is 0 Å². The van der Waals surface area contributed by atoms with Crippen LogP contribution < -0.4 is 5.32 Å². The molecule has 0 aliphatic rings. The molecule has 17 heavy (non-hydrogen) atoms. The number of carbonyl (C=O) groups is 1. The summed E-state index contributed by atoms with van der Waals surface area (Å²) in [5.41, 5.74) is 0.224. The van der Waals surface area contributed by atoms with E-state index in [0.717, 1.165) is 6.42 Å². The number of benzene rings is 1. The lowest BCUT2D eigenvalue weighted by Crippen LogP contribution is -2.34. The van der Waals surface area contributed by atoms with E-state index < -0.39 is 0 Å². The maximum atomic E-state index is 11.9. The van der Waals surface area contributed by atoms with E-state index in [1.807, 2.05) is 6.92 Å². The molecule has 2 N–H and O–H groups in total. The van der Waals surface area contributed by atoms with Gasteiger partial charge in [-0.05, 0) is 31.0 Å². The monoisotopic (exact) mass is 275 g/mol. The molecule has 3 nitrogen and oxygen atoms in total. The molecule has 0 saturated heterocycles. The van der Waals surface area contributed by atoms with E-state index in [9.17, 15) is 9.90 Å². The minimum Gasteiger partial charge on any atom is -0.507 e. The first kappa shape index (κ1) is 14.1. The Morgan fingerprint density at radius 3 is 2.76 bits per heavy atom. The molecular formula is C12H15Cl2NO2. The van der Waals surface area contributed by atoms with Gasteiger partial charge >= 0.3 is 0 Å². The minimum atomic E-state index is -0.309. The number of hydrogen-bond acceptors (Lipinski definition) is 2. The van der Waals surface area contributed by atoms with Gasteiger partial charge in [-0.25, -0.2) is 0 Å². The van der Waals surface area contributed by atoms with Crippen molar-refractivity contribution in [2.45, 2.75) is 25.8 Å². The topological polar surface area (TPSA) is 49.3 Å². The molecule has 0 aliphatic carbocycles. The summed E-state index contributed by atoms with van der Waals surface area (Å²) >= 11 is 11.3. The van der Waals surface area contributed by atoms with Crippen molar-refractivity contribution >= 4 is 29.1 Å². The Morgan fingerprint density at radius 1 is 1.53 bits per heavy atom. The molecule has 1 rings (SSSR count). The highest BCUT2D eigenvalue weighted by atomic mass is 35.5. The number of aromatic hydroxyl groups is 1. The van der Waals surface area contributed by atoms with Gasteiger partial charge in [-0.3, -0.25) is 4.79 Å². The summed E-state index contributed by atoms with van der Waals surface area (Å²) in [7, 11) is 0. The van der Waals surface area contributed by atoms with Crippen molar-refractivity contribution in [3.63, 3.8) is 0 Å². The molecule has 5 heteroatoms. The zero-order chi connectivity index (χ0) is 12.8. The van der Waals surface area contributed by atoms with E-state index in [1.54, 1.807) is 6.07 Å². The maximum absolute atomic E-state index is 11.9. The second-order valence-corrected chi connectivity index (χ2v) is 4.53. The van der Waals surface area contributed by atoms with Gasteiger partial charge in [0.1, 0.15) is 5.75 Å². The van der Waals surface area contributed by atoms with Crippen LogP contribution in [0.25, 0.3) is 0 Å². The third-order valence-corrected chi connectivity index (χ3v) is 2.94. The predicted octanol–water partition coefficient (Wildman–Crippen LogP) is 3.18. The fourth-order valence-corrected chi connectivity index (χ4v) is 1.90. The van der Waals surface area contributed by atoms with Crippen molar-refractivity contribution in [1.29, 1.82) is 0 Å². The Labute approximate surface area is 111 Å². The molecule has 0 saturated carbocycles. The highest BCUT2D eigenvalue weighted by Crippen LogP contribution is 2.22. The summed E-state index contributed by atoms with van der Waals surface area (Å²) in [5.74, 6) is 0.0673. The Morgan fingerprint density at radius 2 is 2.24 bits per heavy atom. The summed E-state index contributed by atoms with van der Waals surface area (Å²) in [6, 6.07) is 4.44. The van der Waals surface area contributed by atoms with Crippen LogP contribution in [0.5, 0.6) is 5.75 Å². The van der Waals surface area contributed by atoms with Gasteiger partial charge in [0.15, 0.2) is 0 Å². The molecule has 1 aromatic rings. The summed E-state index contributed by atoms with van der Waals surface area (Å²) < 4.78 is 0. The SMILES string of the molecule is CCC(CCCl)NC(=O)c1ccc(Cl)cc1O. The highest BCUT2D eigenvalue weighted by molar-refractivity contribution is 6.30. The molecular weight excluding hydrogens is 261 g/mol. The van der Waals surface area contributed by atoms with Crippen molar-refractivity contribution < 1.29 is 9.90 Å². The maximum Gasteiger partial charge on any atom is 0.255 e. The predicted molar refractivity (Wildman–Crippen MR) is 70.0 cm³/mol. The number of rotatable bonds is 5. The van der Waals surface area contributed by atoms with E-state index in [4.69, 9.17) is 23.2 Å². The zero-order valence-electron chi connectivity index (χ0n) is 9.54. The number of phenols is 1. The Bertz CT molecular complexity index is 396. The van der Waals surface area contributed by atoms with E-state index >= 15 is 0 Å². The van der Waals surface area contributed by atoms with E-state index in [0.29, 0.717) is 17.3 Å². The van der Waals surface area contributed by atoms with Crippen LogP contribution in [0.3, 0.4) is 0 Å². The third-order valence-electron chi connectivity index (χ3n) is 2.49. The van der Waals surface area contributed by atoms with Crippen molar-refractivity contribution in [2.24, 2.45) is 0 Å². The second-order valence-electron chi connectivity index (χ2n) is 3.72. The van der Waals surface area contributed by atoms with Gasteiger partial charge in [0.25, 0.3) is 5.91 Å². The van der Waals surface area contributed by atoms with Gasteiger partial charge in [0.2, 0.25) is 0 Å². The fourth-order valence-electron chi connectivity index (χ4n) is 1.47. The number of hydrogen-bond donors (Lipinski definition) is 2. The molecule has 1 atom stereocenters. The van der Waals surface area contributed by atoms with Gasteiger partial charge in [-0.2, -0.15) is 0 Å². The summed E-state index contributed by atoms with van der Waals surface area (Å²) in [4.78, 5) is 11.9. The lowest BCUT2D eigenvalue weighted by Gasteiger charge is -2.16. The number of alkyl halides is 1. The molecule has 94 valence electrons. The van der Waals surface area contributed by atoms with Crippen LogP contribution in [0.4, 0.5) is 0 Å². The Balaban J connectivity index is 2.75. The van der Waals surface area contributed by atoms with E-state index in [1.165, 1.54) is 12.1 Å². The van der Waals surface area contributed by atoms with E-state index in [2.05, 4.69) is 5.32 Å². The van der Waals surface area contributed by atoms with Crippen molar-refractivity contribution in [3.05, 3.63) is 28.8 Å². The highest BCUT2D eigenvalue weighted by Gasteiger charge is 2.15. The third kappa shape index (κ3) is 4.10. The Hall–Kier alpha value is -0.930. The molecule has 0 aliphatic heterocycles. The van der Waals surface area contributed by atoms with Gasteiger partial charge in [-0.1, -0.05) is 18.5 Å². The lowest BCUT2D eigenvalue weighted by atomic mass is 10.1. The number of halogens is 2. The molecule has 0 fully saturated rings. The summed E-state index contributed by atoms with van der Waals surface area (Å²) in [5, 5.41) is 12.8.